The second kappa shape index (κ2) is 10.3. The minimum absolute atomic E-state index is 0.104. The number of hydrogen-bond donors (Lipinski definition) is 0. The zero-order valence-electron chi connectivity index (χ0n) is 19.5. The van der Waals surface area contributed by atoms with Crippen LogP contribution >= 0.6 is 0 Å². The van der Waals surface area contributed by atoms with E-state index in [4.69, 9.17) is 4.74 Å². The lowest BCUT2D eigenvalue weighted by atomic mass is 9.63. The van der Waals surface area contributed by atoms with Crippen LogP contribution in [0.15, 0.2) is 36.4 Å². The summed E-state index contributed by atoms with van der Waals surface area (Å²) >= 11 is 0. The Hall–Kier alpha value is -2.84. The third-order valence-corrected chi connectivity index (χ3v) is 7.35. The Morgan fingerprint density at radius 2 is 1.44 bits per heavy atom. The molecular weight excluding hydrogens is 489 g/mol. The summed E-state index contributed by atoms with van der Waals surface area (Å²) in [5.74, 6) is -6.95. The number of fused-ring (bicyclic) bond motifs is 1. The molecule has 2 fully saturated rings. The Labute approximate surface area is 204 Å². The van der Waals surface area contributed by atoms with Crippen LogP contribution in [0.4, 0.5) is 30.7 Å². The SMILES string of the molecule is C/C=C/C1CCC2CC(c3c(F)cc(C(=O)Oc4cc(F)c(C(F)(F)F)c(F)c4)cc3F)CCC2C1. The summed E-state index contributed by atoms with van der Waals surface area (Å²) in [6.07, 6.45) is 4.21. The average Bonchev–Trinajstić information content (AvgIpc) is 2.77. The Kier molecular flexibility index (Phi) is 7.48. The minimum atomic E-state index is -5.29. The van der Waals surface area contributed by atoms with Gasteiger partial charge < -0.3 is 4.74 Å². The van der Waals surface area contributed by atoms with E-state index in [0.29, 0.717) is 30.6 Å². The second-order valence-corrected chi connectivity index (χ2v) is 9.63. The molecule has 0 radical (unpaired) electrons. The van der Waals surface area contributed by atoms with Crippen molar-refractivity contribution in [2.45, 2.75) is 57.5 Å². The maximum absolute atomic E-state index is 15.0. The maximum Gasteiger partial charge on any atom is 0.422 e. The van der Waals surface area contributed by atoms with Gasteiger partial charge in [0, 0.05) is 17.7 Å². The molecule has 0 amide bonds. The van der Waals surface area contributed by atoms with E-state index in [1.807, 2.05) is 6.92 Å². The van der Waals surface area contributed by atoms with E-state index in [2.05, 4.69) is 12.2 Å². The second-order valence-electron chi connectivity index (χ2n) is 9.63. The molecule has 0 saturated heterocycles. The van der Waals surface area contributed by atoms with Gasteiger partial charge in [0.15, 0.2) is 0 Å². The van der Waals surface area contributed by atoms with Gasteiger partial charge in [-0.05, 0) is 81.3 Å². The third kappa shape index (κ3) is 5.44. The largest absolute Gasteiger partial charge is 0.423 e. The van der Waals surface area contributed by atoms with Crippen molar-refractivity contribution in [3.8, 4) is 5.75 Å². The predicted octanol–water partition coefficient (Wildman–Crippen LogP) is 8.36. The monoisotopic (exact) mass is 514 g/mol. The number of carbonyl (C=O) groups is 1. The summed E-state index contributed by atoms with van der Waals surface area (Å²) in [6, 6.07) is 1.95. The van der Waals surface area contributed by atoms with E-state index < -0.39 is 52.3 Å². The van der Waals surface area contributed by atoms with Crippen LogP contribution in [0.1, 0.15) is 72.9 Å². The highest BCUT2D eigenvalue weighted by Crippen LogP contribution is 2.48. The van der Waals surface area contributed by atoms with E-state index in [9.17, 15) is 35.5 Å². The molecule has 2 saturated carbocycles. The quantitative estimate of drug-likeness (QED) is 0.177. The fourth-order valence-corrected chi connectivity index (χ4v) is 5.77. The first-order chi connectivity index (χ1) is 17.0. The van der Waals surface area contributed by atoms with Gasteiger partial charge in [-0.25, -0.2) is 22.4 Å². The summed E-state index contributed by atoms with van der Waals surface area (Å²) in [6.45, 7) is 1.99. The summed E-state index contributed by atoms with van der Waals surface area (Å²) in [5, 5.41) is 0. The lowest BCUT2D eigenvalue weighted by Crippen LogP contribution is -2.30. The third-order valence-electron chi connectivity index (χ3n) is 7.35. The van der Waals surface area contributed by atoms with Crippen molar-refractivity contribution in [3.63, 3.8) is 0 Å². The minimum Gasteiger partial charge on any atom is -0.423 e. The normalized spacial score (nSPS) is 24.6. The number of allylic oxidation sites excluding steroid dienone is 2. The highest BCUT2D eigenvalue weighted by molar-refractivity contribution is 5.91. The van der Waals surface area contributed by atoms with Crippen molar-refractivity contribution in [1.29, 1.82) is 0 Å². The maximum atomic E-state index is 15.0. The number of rotatable bonds is 4. The van der Waals surface area contributed by atoms with Gasteiger partial charge in [0.05, 0.1) is 5.56 Å². The van der Waals surface area contributed by atoms with Gasteiger partial charge in [-0.2, -0.15) is 13.2 Å². The standard InChI is InChI=1S/C27H25F7O2/c1-2-3-14-4-5-16-9-17(7-6-15(16)8-14)24-20(28)10-18(11-21(24)29)26(35)36-19-12-22(30)25(23(31)13-19)27(32,33)34/h2-3,10-17H,4-9H2,1H3/b3-2+. The van der Waals surface area contributed by atoms with Crippen LogP contribution < -0.4 is 4.74 Å². The molecule has 0 heterocycles. The van der Waals surface area contributed by atoms with Crippen LogP contribution in [-0.4, -0.2) is 5.97 Å². The smallest absolute Gasteiger partial charge is 0.422 e. The summed E-state index contributed by atoms with van der Waals surface area (Å²) in [5.41, 5.74) is -2.80. The molecule has 0 aromatic heterocycles. The van der Waals surface area contributed by atoms with Crippen molar-refractivity contribution in [2.75, 3.05) is 0 Å². The van der Waals surface area contributed by atoms with Crippen molar-refractivity contribution < 1.29 is 40.3 Å². The fourth-order valence-electron chi connectivity index (χ4n) is 5.77. The van der Waals surface area contributed by atoms with Gasteiger partial charge in [0.2, 0.25) is 0 Å². The summed E-state index contributed by atoms with van der Waals surface area (Å²) in [7, 11) is 0. The van der Waals surface area contributed by atoms with E-state index in [1.54, 1.807) is 0 Å². The predicted molar refractivity (Wildman–Crippen MR) is 118 cm³/mol. The molecule has 36 heavy (non-hydrogen) atoms. The van der Waals surface area contributed by atoms with Crippen molar-refractivity contribution in [3.05, 3.63) is 76.4 Å². The molecular formula is C27H25F7O2. The van der Waals surface area contributed by atoms with E-state index in [1.165, 1.54) is 0 Å². The first kappa shape index (κ1) is 26.2. The van der Waals surface area contributed by atoms with Crippen LogP contribution in [0.3, 0.4) is 0 Å². The van der Waals surface area contributed by atoms with Gasteiger partial charge in [-0.15, -0.1) is 0 Å². The van der Waals surface area contributed by atoms with Gasteiger partial charge in [-0.3, -0.25) is 0 Å². The number of benzene rings is 2. The lowest BCUT2D eigenvalue weighted by Gasteiger charge is -2.42. The molecule has 2 aliphatic rings. The van der Waals surface area contributed by atoms with E-state index in [-0.39, 0.29) is 23.6 Å². The van der Waals surface area contributed by atoms with Gasteiger partial charge >= 0.3 is 12.1 Å². The van der Waals surface area contributed by atoms with Gasteiger partial charge in [0.25, 0.3) is 0 Å². The first-order valence-electron chi connectivity index (χ1n) is 11.9. The fraction of sp³-hybridized carbons (Fsp3) is 0.444. The van der Waals surface area contributed by atoms with Crippen molar-refractivity contribution >= 4 is 5.97 Å². The number of hydrogen-bond acceptors (Lipinski definition) is 2. The molecule has 4 rings (SSSR count). The highest BCUT2D eigenvalue weighted by Gasteiger charge is 2.39. The highest BCUT2D eigenvalue weighted by atomic mass is 19.4. The molecule has 0 bridgehead atoms. The molecule has 9 heteroatoms. The Morgan fingerprint density at radius 1 is 0.861 bits per heavy atom. The first-order valence-corrected chi connectivity index (χ1v) is 11.9. The Morgan fingerprint density at radius 3 is 2.03 bits per heavy atom. The molecule has 0 N–H and O–H groups in total. The molecule has 2 aliphatic carbocycles. The zero-order chi connectivity index (χ0) is 26.2. The van der Waals surface area contributed by atoms with Crippen LogP contribution in [-0.2, 0) is 6.18 Å². The number of esters is 1. The number of halogens is 7. The van der Waals surface area contributed by atoms with E-state index in [0.717, 1.165) is 37.8 Å². The van der Waals surface area contributed by atoms with Crippen molar-refractivity contribution in [1.82, 2.24) is 0 Å². The summed E-state index contributed by atoms with van der Waals surface area (Å²) in [4.78, 5) is 12.4. The van der Waals surface area contributed by atoms with Gasteiger partial charge in [0.1, 0.15) is 34.6 Å². The Bertz CT molecular complexity index is 1130. The van der Waals surface area contributed by atoms with Crippen LogP contribution in [0.5, 0.6) is 5.75 Å². The topological polar surface area (TPSA) is 26.3 Å². The van der Waals surface area contributed by atoms with Crippen molar-refractivity contribution in [2.24, 2.45) is 17.8 Å². The molecule has 194 valence electrons. The molecule has 4 atom stereocenters. The van der Waals surface area contributed by atoms with E-state index >= 15 is 0 Å². The van der Waals surface area contributed by atoms with Crippen LogP contribution in [0.25, 0.3) is 0 Å². The van der Waals surface area contributed by atoms with Gasteiger partial charge in [-0.1, -0.05) is 12.2 Å². The molecule has 0 spiro atoms. The van der Waals surface area contributed by atoms with Crippen LogP contribution in [0.2, 0.25) is 0 Å². The summed E-state index contributed by atoms with van der Waals surface area (Å²) < 4.78 is 100. The number of ether oxygens (including phenoxy) is 1. The molecule has 2 aromatic carbocycles. The Balaban J connectivity index is 1.49. The zero-order valence-corrected chi connectivity index (χ0v) is 19.5. The molecule has 0 aliphatic heterocycles. The van der Waals surface area contributed by atoms with Crippen LogP contribution in [0, 0.1) is 41.0 Å². The number of carbonyl (C=O) groups excluding carboxylic acids is 1. The average molecular weight is 514 g/mol. The number of alkyl halides is 3. The molecule has 4 unspecified atom stereocenters. The molecule has 2 nitrogen and oxygen atoms in total. The lowest BCUT2D eigenvalue weighted by molar-refractivity contribution is -0.142. The molecule has 2 aromatic rings.